The second-order valence-corrected chi connectivity index (χ2v) is 6.13. The summed E-state index contributed by atoms with van der Waals surface area (Å²) in [6.45, 7) is 4.86. The molecule has 2 rings (SSSR count). The summed E-state index contributed by atoms with van der Waals surface area (Å²) in [6, 6.07) is 2.11. The Labute approximate surface area is 132 Å². The molecule has 2 atom stereocenters. The molecule has 1 aliphatic rings. The fraction of sp³-hybridized carbons (Fsp3) is 0.750. The van der Waals surface area contributed by atoms with Crippen LogP contribution in [0, 0.1) is 5.41 Å². The van der Waals surface area contributed by atoms with Crippen molar-refractivity contribution in [1.29, 1.82) is 0 Å². The van der Waals surface area contributed by atoms with Gasteiger partial charge in [-0.25, -0.2) is 4.79 Å². The lowest BCUT2D eigenvalue weighted by molar-refractivity contribution is -0.146. The number of amides is 2. The van der Waals surface area contributed by atoms with Crippen molar-refractivity contribution in [3.63, 3.8) is 0 Å². The quantitative estimate of drug-likeness (QED) is 0.876. The number of aromatic nitrogens is 2. The summed E-state index contributed by atoms with van der Waals surface area (Å²) >= 11 is 0. The minimum Gasteiger partial charge on any atom is -0.381 e. The summed E-state index contributed by atoms with van der Waals surface area (Å²) in [5.74, 6) is 0. The molecule has 6 nitrogen and oxygen atoms in total. The predicted molar refractivity (Wildman–Crippen MR) is 85.4 cm³/mol. The van der Waals surface area contributed by atoms with Crippen LogP contribution in [0.25, 0.3) is 0 Å². The molecule has 0 aliphatic heterocycles. The number of hydrogen-bond donors (Lipinski definition) is 1. The fourth-order valence-electron chi connectivity index (χ4n) is 3.78. The maximum Gasteiger partial charge on any atom is 0.317 e. The third-order valence-corrected chi connectivity index (χ3v) is 5.47. The average molecular weight is 308 g/mol. The average Bonchev–Trinajstić information content (AvgIpc) is 2.91. The van der Waals surface area contributed by atoms with E-state index in [0.717, 1.165) is 25.0 Å². The van der Waals surface area contributed by atoms with Crippen LogP contribution in [0.15, 0.2) is 12.3 Å². The lowest BCUT2D eigenvalue weighted by atomic mass is 9.58. The molecule has 6 heteroatoms. The maximum absolute atomic E-state index is 12.4. The molecular formula is C16H28N4O2. The molecule has 0 radical (unpaired) electrons. The second kappa shape index (κ2) is 6.69. The number of methoxy groups -OCH3 is 1. The smallest absolute Gasteiger partial charge is 0.317 e. The highest BCUT2D eigenvalue weighted by Crippen LogP contribution is 2.50. The third kappa shape index (κ3) is 2.72. The molecule has 1 aromatic rings. The molecule has 0 aromatic carbocycles. The van der Waals surface area contributed by atoms with Gasteiger partial charge < -0.3 is 15.0 Å². The number of carbonyl (C=O) groups excluding carboxylic acids is 1. The van der Waals surface area contributed by atoms with Gasteiger partial charge in [0.1, 0.15) is 0 Å². The van der Waals surface area contributed by atoms with Gasteiger partial charge in [0, 0.05) is 38.9 Å². The van der Waals surface area contributed by atoms with Gasteiger partial charge in [0.15, 0.2) is 0 Å². The number of rotatable bonds is 6. The topological polar surface area (TPSA) is 59.4 Å². The molecule has 0 spiro atoms. The molecule has 0 saturated heterocycles. The summed E-state index contributed by atoms with van der Waals surface area (Å²) in [5, 5.41) is 7.09. The van der Waals surface area contributed by atoms with Gasteiger partial charge in [0.2, 0.25) is 0 Å². The van der Waals surface area contributed by atoms with E-state index in [0.29, 0.717) is 6.54 Å². The zero-order valence-electron chi connectivity index (χ0n) is 14.3. The summed E-state index contributed by atoms with van der Waals surface area (Å²) in [5.41, 5.74) is 1.07. The monoisotopic (exact) mass is 308 g/mol. The first-order valence-electron chi connectivity index (χ1n) is 8.00. The van der Waals surface area contributed by atoms with E-state index in [1.165, 1.54) is 0 Å². The van der Waals surface area contributed by atoms with E-state index in [1.807, 2.05) is 25.1 Å². The van der Waals surface area contributed by atoms with Crippen LogP contribution in [0.2, 0.25) is 0 Å². The van der Waals surface area contributed by atoms with Gasteiger partial charge in [-0.2, -0.15) is 5.10 Å². The number of nitrogens with zero attached hydrogens (tertiary/aromatic N) is 3. The number of aryl methyl sites for hydroxylation is 1. The first kappa shape index (κ1) is 16.8. The normalized spacial score (nSPS) is 23.0. The van der Waals surface area contributed by atoms with Crippen LogP contribution in [-0.2, 0) is 18.3 Å². The summed E-state index contributed by atoms with van der Waals surface area (Å²) < 4.78 is 7.38. The Morgan fingerprint density at radius 1 is 1.55 bits per heavy atom. The largest absolute Gasteiger partial charge is 0.381 e. The summed E-state index contributed by atoms with van der Waals surface area (Å²) in [6.07, 6.45) is 4.94. The number of carbonyl (C=O) groups is 1. The molecular weight excluding hydrogens is 280 g/mol. The van der Waals surface area contributed by atoms with Gasteiger partial charge in [0.25, 0.3) is 0 Å². The molecule has 124 valence electrons. The van der Waals surface area contributed by atoms with Crippen molar-refractivity contribution in [3.8, 4) is 0 Å². The zero-order valence-corrected chi connectivity index (χ0v) is 14.3. The van der Waals surface area contributed by atoms with Crippen molar-refractivity contribution in [2.24, 2.45) is 12.5 Å². The molecule has 1 N–H and O–H groups in total. The lowest BCUT2D eigenvalue weighted by Gasteiger charge is -2.57. The molecule has 0 unspecified atom stereocenters. The van der Waals surface area contributed by atoms with E-state index in [2.05, 4.69) is 24.3 Å². The molecule has 1 heterocycles. The summed E-state index contributed by atoms with van der Waals surface area (Å²) in [4.78, 5) is 14.3. The van der Waals surface area contributed by atoms with Crippen molar-refractivity contribution < 1.29 is 9.53 Å². The Morgan fingerprint density at radius 3 is 2.73 bits per heavy atom. The van der Waals surface area contributed by atoms with Crippen LogP contribution >= 0.6 is 0 Å². The molecule has 1 aromatic heterocycles. The van der Waals surface area contributed by atoms with Crippen molar-refractivity contribution in [3.05, 3.63) is 18.0 Å². The second-order valence-electron chi connectivity index (χ2n) is 6.13. The first-order valence-corrected chi connectivity index (χ1v) is 8.00. The highest BCUT2D eigenvalue weighted by atomic mass is 16.5. The van der Waals surface area contributed by atoms with E-state index < -0.39 is 0 Å². The van der Waals surface area contributed by atoms with Crippen molar-refractivity contribution in [2.45, 2.75) is 51.8 Å². The summed E-state index contributed by atoms with van der Waals surface area (Å²) in [7, 11) is 5.53. The van der Waals surface area contributed by atoms with Gasteiger partial charge in [-0.1, -0.05) is 13.8 Å². The minimum atomic E-state index is -0.0352. The van der Waals surface area contributed by atoms with E-state index in [4.69, 9.17) is 4.74 Å². The number of nitrogens with one attached hydrogen (secondary N) is 1. The van der Waals surface area contributed by atoms with Crippen LogP contribution in [0.3, 0.4) is 0 Å². The van der Waals surface area contributed by atoms with Crippen LogP contribution in [0.4, 0.5) is 4.79 Å². The molecule has 1 saturated carbocycles. The molecule has 1 fully saturated rings. The number of hydrogen-bond acceptors (Lipinski definition) is 3. The van der Waals surface area contributed by atoms with Crippen LogP contribution in [0.5, 0.6) is 0 Å². The zero-order chi connectivity index (χ0) is 16.3. The number of urea groups is 1. The van der Waals surface area contributed by atoms with Crippen LogP contribution in [-0.4, -0.2) is 47.0 Å². The molecule has 0 bridgehead atoms. The standard InChI is InChI=1S/C16H28N4O2/c1-6-16(7-2)13(10-14(16)22-5)19(3)15(21)17-11-12-8-9-18-20(12)4/h8-9,13-14H,6-7,10-11H2,1-5H3,(H,17,21)/t13-,14+/m0/s1. The molecule has 2 amide bonds. The highest BCUT2D eigenvalue weighted by molar-refractivity contribution is 5.74. The van der Waals surface area contributed by atoms with E-state index in [1.54, 1.807) is 18.0 Å². The SMILES string of the molecule is CCC1(CC)[C@@H](N(C)C(=O)NCc2ccnn2C)C[C@H]1OC. The van der Waals surface area contributed by atoms with Crippen LogP contribution < -0.4 is 5.32 Å². The predicted octanol–water partition coefficient (Wildman–Crippen LogP) is 2.16. The van der Waals surface area contributed by atoms with Gasteiger partial charge in [-0.05, 0) is 25.3 Å². The fourth-order valence-corrected chi connectivity index (χ4v) is 3.78. The Kier molecular flexibility index (Phi) is 5.11. The van der Waals surface area contributed by atoms with E-state index >= 15 is 0 Å². The Balaban J connectivity index is 1.97. The molecule has 22 heavy (non-hydrogen) atoms. The highest BCUT2D eigenvalue weighted by Gasteiger charge is 2.55. The van der Waals surface area contributed by atoms with Gasteiger partial charge in [-0.15, -0.1) is 0 Å². The first-order chi connectivity index (χ1) is 10.5. The Morgan fingerprint density at radius 2 is 2.23 bits per heavy atom. The number of ether oxygens (including phenoxy) is 1. The van der Waals surface area contributed by atoms with Crippen molar-refractivity contribution in [2.75, 3.05) is 14.2 Å². The van der Waals surface area contributed by atoms with E-state index in [9.17, 15) is 4.79 Å². The Bertz CT molecular complexity index is 510. The minimum absolute atomic E-state index is 0.0352. The lowest BCUT2D eigenvalue weighted by Crippen LogP contribution is -2.65. The third-order valence-electron chi connectivity index (χ3n) is 5.47. The van der Waals surface area contributed by atoms with Gasteiger partial charge in [-0.3, -0.25) is 4.68 Å². The molecule has 1 aliphatic carbocycles. The van der Waals surface area contributed by atoms with Gasteiger partial charge >= 0.3 is 6.03 Å². The van der Waals surface area contributed by atoms with Crippen molar-refractivity contribution >= 4 is 6.03 Å². The van der Waals surface area contributed by atoms with E-state index in [-0.39, 0.29) is 23.6 Å². The van der Waals surface area contributed by atoms with Crippen LogP contribution in [0.1, 0.15) is 38.8 Å². The van der Waals surface area contributed by atoms with Gasteiger partial charge in [0.05, 0.1) is 18.3 Å². The maximum atomic E-state index is 12.4. The Hall–Kier alpha value is -1.56. The van der Waals surface area contributed by atoms with Crippen molar-refractivity contribution in [1.82, 2.24) is 20.0 Å².